The zero-order valence-corrected chi connectivity index (χ0v) is 23.9. The monoisotopic (exact) mass is 617 g/mol. The third kappa shape index (κ3) is 6.11. The van der Waals surface area contributed by atoms with Gasteiger partial charge in [-0.3, -0.25) is 0 Å². The number of halogens is 5. The molecule has 0 aliphatic carbocycles. The second-order valence-electron chi connectivity index (χ2n) is 9.56. The van der Waals surface area contributed by atoms with Gasteiger partial charge in [-0.1, -0.05) is 47.6 Å². The van der Waals surface area contributed by atoms with E-state index in [4.69, 9.17) is 5.10 Å². The van der Waals surface area contributed by atoms with E-state index >= 15 is 0 Å². The van der Waals surface area contributed by atoms with E-state index in [0.717, 1.165) is 34.1 Å². The normalized spacial score (nSPS) is 16.5. The lowest BCUT2D eigenvalue weighted by molar-refractivity contribution is -0.536. The fourth-order valence-corrected chi connectivity index (χ4v) is 5.35. The van der Waals surface area contributed by atoms with Gasteiger partial charge in [0.05, 0.1) is 11.9 Å². The van der Waals surface area contributed by atoms with Gasteiger partial charge in [0.25, 0.3) is 0 Å². The molecule has 0 radical (unpaired) electrons. The van der Waals surface area contributed by atoms with Gasteiger partial charge in [0, 0.05) is 18.1 Å². The van der Waals surface area contributed by atoms with Crippen LogP contribution in [0.5, 0.6) is 5.75 Å². The average molecular weight is 618 g/mol. The number of aliphatic hydroxyl groups excluding tert-OH is 1. The van der Waals surface area contributed by atoms with Crippen LogP contribution in [0.1, 0.15) is 31.0 Å². The number of thioether (sulfide) groups is 1. The van der Waals surface area contributed by atoms with Crippen LogP contribution in [0.4, 0.5) is 27.6 Å². The molecule has 2 heterocycles. The zero-order chi connectivity index (χ0) is 30.9. The van der Waals surface area contributed by atoms with E-state index in [-0.39, 0.29) is 6.04 Å². The Morgan fingerprint density at radius 3 is 2.33 bits per heavy atom. The second kappa shape index (κ2) is 11.8. The number of rotatable bonds is 7. The maximum absolute atomic E-state index is 13.2. The number of hydrogen-bond acceptors (Lipinski definition) is 7. The van der Waals surface area contributed by atoms with Gasteiger partial charge >= 0.3 is 17.5 Å². The van der Waals surface area contributed by atoms with Gasteiger partial charge in [0.1, 0.15) is 17.8 Å². The number of aromatic nitrogens is 3. The van der Waals surface area contributed by atoms with Crippen LogP contribution >= 0.6 is 11.8 Å². The minimum Gasteiger partial charge on any atom is -0.426 e. The van der Waals surface area contributed by atoms with Crippen molar-refractivity contribution in [2.24, 2.45) is 5.10 Å². The molecule has 224 valence electrons. The quantitative estimate of drug-likeness (QED) is 0.143. The standard InChI is InChI=1S/C29H26F5N6O2S/c1-18-24-6-4-5-7-25(24)39(19(2)41)27(43-3)40(18)36-16-20-8-10-21(11-9-20)26-35-17-38(37-26)22-12-14-23(15-13-22)42-29(33,34)28(30,31)32/h4-19,41H,1-3H3/q+1. The van der Waals surface area contributed by atoms with Crippen molar-refractivity contribution in [3.8, 4) is 22.8 Å². The molecule has 1 aliphatic heterocycles. The molecular formula is C29H26F5N6O2S+. The van der Waals surface area contributed by atoms with Crippen molar-refractivity contribution in [2.75, 3.05) is 6.26 Å². The molecule has 43 heavy (non-hydrogen) atoms. The fourth-order valence-electron chi connectivity index (χ4n) is 4.51. The maximum Gasteiger partial charge on any atom is 0.499 e. The van der Waals surface area contributed by atoms with Crippen molar-refractivity contribution in [1.29, 1.82) is 0 Å². The van der Waals surface area contributed by atoms with Gasteiger partial charge < -0.3 is 9.84 Å². The number of alkyl halides is 5. The first kappa shape index (κ1) is 30.2. The first-order chi connectivity index (χ1) is 20.4. The molecule has 8 nitrogen and oxygen atoms in total. The first-order valence-electron chi connectivity index (χ1n) is 13.0. The molecular weight excluding hydrogens is 591 g/mol. The molecule has 0 bridgehead atoms. The van der Waals surface area contributed by atoms with Gasteiger partial charge in [-0.15, -0.1) is 10.1 Å². The molecule has 0 amide bonds. The van der Waals surface area contributed by atoms with E-state index in [2.05, 4.69) is 21.7 Å². The summed E-state index contributed by atoms with van der Waals surface area (Å²) in [5.41, 5.74) is 3.86. The molecule has 1 aromatic heterocycles. The number of fused-ring (bicyclic) bond motifs is 1. The van der Waals surface area contributed by atoms with Crippen molar-refractivity contribution >= 4 is 28.8 Å². The number of benzene rings is 3. The summed E-state index contributed by atoms with van der Waals surface area (Å²) in [6.45, 7) is 3.76. The number of para-hydroxylation sites is 1. The Hall–Kier alpha value is -4.30. The molecule has 1 aliphatic rings. The number of hydrazone groups is 1. The van der Waals surface area contributed by atoms with Crippen molar-refractivity contribution in [2.45, 2.75) is 38.4 Å². The smallest absolute Gasteiger partial charge is 0.426 e. The second-order valence-corrected chi connectivity index (χ2v) is 10.3. The van der Waals surface area contributed by atoms with Gasteiger partial charge in [0.15, 0.2) is 18.1 Å². The molecule has 3 aromatic carbocycles. The van der Waals surface area contributed by atoms with Crippen molar-refractivity contribution in [1.82, 2.24) is 19.8 Å². The van der Waals surface area contributed by atoms with Crippen LogP contribution in [0.15, 0.2) is 84.2 Å². The van der Waals surface area contributed by atoms with Crippen molar-refractivity contribution in [3.05, 3.63) is 90.3 Å². The Labute approximate surface area is 247 Å². The number of ether oxygens (including phenoxy) is 1. The van der Waals surface area contributed by atoms with Gasteiger partial charge in [-0.25, -0.2) is 9.67 Å². The van der Waals surface area contributed by atoms with Crippen LogP contribution in [-0.2, 0) is 0 Å². The predicted molar refractivity (Wildman–Crippen MR) is 153 cm³/mol. The maximum atomic E-state index is 13.2. The van der Waals surface area contributed by atoms with E-state index in [1.807, 2.05) is 64.4 Å². The van der Waals surface area contributed by atoms with Crippen LogP contribution in [0, 0.1) is 0 Å². The molecule has 0 fully saturated rings. The number of nitrogens with zero attached hydrogens (tertiary/aromatic N) is 6. The van der Waals surface area contributed by atoms with Crippen LogP contribution in [-0.4, -0.2) is 65.6 Å². The van der Waals surface area contributed by atoms with Crippen LogP contribution < -0.4 is 4.74 Å². The largest absolute Gasteiger partial charge is 0.499 e. The van der Waals surface area contributed by atoms with E-state index in [1.165, 1.54) is 34.9 Å². The lowest BCUT2D eigenvalue weighted by Gasteiger charge is -2.29. The van der Waals surface area contributed by atoms with E-state index in [1.54, 1.807) is 13.1 Å². The highest BCUT2D eigenvalue weighted by Gasteiger charge is 2.61. The first-order valence-corrected chi connectivity index (χ1v) is 14.2. The molecule has 2 atom stereocenters. The average Bonchev–Trinajstić information content (AvgIpc) is 3.46. The van der Waals surface area contributed by atoms with E-state index in [0.29, 0.717) is 17.1 Å². The summed E-state index contributed by atoms with van der Waals surface area (Å²) in [4.78, 5) is 4.28. The summed E-state index contributed by atoms with van der Waals surface area (Å²) in [7, 11) is 0. The van der Waals surface area contributed by atoms with Crippen LogP contribution in [0.2, 0.25) is 0 Å². The minimum absolute atomic E-state index is 0.0703. The highest BCUT2D eigenvalue weighted by atomic mass is 32.2. The molecule has 0 spiro atoms. The molecule has 1 N–H and O–H groups in total. The van der Waals surface area contributed by atoms with E-state index in [9.17, 15) is 27.1 Å². The summed E-state index contributed by atoms with van der Waals surface area (Å²) in [5.74, 6) is -0.271. The molecule has 4 aromatic rings. The summed E-state index contributed by atoms with van der Waals surface area (Å²) in [5, 5.41) is 22.3. The Morgan fingerprint density at radius 1 is 1.02 bits per heavy atom. The molecule has 0 saturated carbocycles. The van der Waals surface area contributed by atoms with Crippen LogP contribution in [0.3, 0.4) is 0 Å². The molecule has 5 rings (SSSR count). The minimum atomic E-state index is -5.83. The number of hydrogen-bond donors (Lipinski definition) is 1. The predicted octanol–water partition coefficient (Wildman–Crippen LogP) is 6.58. The molecule has 0 saturated heterocycles. The topological polar surface area (TPSA) is 78.8 Å². The molecule has 14 heteroatoms. The Bertz CT molecular complexity index is 1650. The van der Waals surface area contributed by atoms with Gasteiger partial charge in [-0.2, -0.15) is 26.5 Å². The summed E-state index contributed by atoms with van der Waals surface area (Å²) >= 11 is 1.49. The number of aliphatic hydroxyl groups is 1. The fraction of sp³-hybridized carbons (Fsp3) is 0.241. The lowest BCUT2D eigenvalue weighted by Crippen LogP contribution is -2.41. The Morgan fingerprint density at radius 2 is 1.70 bits per heavy atom. The summed E-state index contributed by atoms with van der Waals surface area (Å²) in [6, 6.07) is 19.7. The van der Waals surface area contributed by atoms with Crippen molar-refractivity contribution < 1.29 is 36.4 Å². The highest BCUT2D eigenvalue weighted by molar-refractivity contribution is 8.12. The summed E-state index contributed by atoms with van der Waals surface area (Å²) < 4.78 is 70.5. The van der Waals surface area contributed by atoms with Gasteiger partial charge in [0.2, 0.25) is 0 Å². The third-order valence-electron chi connectivity index (χ3n) is 6.64. The van der Waals surface area contributed by atoms with Crippen LogP contribution in [0.25, 0.3) is 17.1 Å². The highest BCUT2D eigenvalue weighted by Crippen LogP contribution is 2.38. The zero-order valence-electron chi connectivity index (χ0n) is 23.1. The van der Waals surface area contributed by atoms with Gasteiger partial charge in [-0.05, 0) is 60.8 Å². The Balaban J connectivity index is 1.31. The third-order valence-corrected chi connectivity index (χ3v) is 7.39. The SMILES string of the molecule is CSC1=[N+](C(C)O)c2ccccc2C(C)N1N=Cc1ccc(-c2ncn(-c3ccc(OC(F)(F)C(F)(F)F)cc3)n2)cc1. The van der Waals surface area contributed by atoms with Crippen molar-refractivity contribution in [3.63, 3.8) is 0 Å². The van der Waals surface area contributed by atoms with E-state index < -0.39 is 24.3 Å². The number of amidine groups is 1. The molecule has 2 unspecified atom stereocenters. The lowest BCUT2D eigenvalue weighted by atomic mass is 10.0. The summed E-state index contributed by atoms with van der Waals surface area (Å²) in [6.07, 6.45) is -6.84. The Kier molecular flexibility index (Phi) is 8.25.